The first kappa shape index (κ1) is 20.9. The van der Waals surface area contributed by atoms with Gasteiger partial charge in [-0.3, -0.25) is 4.79 Å². The minimum absolute atomic E-state index is 0.0672. The van der Waals surface area contributed by atoms with E-state index in [1.165, 1.54) is 49.7 Å². The zero-order valence-corrected chi connectivity index (χ0v) is 18.0. The third kappa shape index (κ3) is 4.86. The Kier molecular flexibility index (Phi) is 6.92. The van der Waals surface area contributed by atoms with Crippen molar-refractivity contribution in [3.05, 3.63) is 29.3 Å². The monoisotopic (exact) mass is 400 g/mol. The van der Waals surface area contributed by atoms with Crippen molar-refractivity contribution in [1.29, 1.82) is 0 Å². The van der Waals surface area contributed by atoms with Gasteiger partial charge in [-0.05, 0) is 80.4 Å². The van der Waals surface area contributed by atoms with Crippen LogP contribution in [-0.2, 0) is 27.1 Å². The zero-order chi connectivity index (χ0) is 20.2. The largest absolute Gasteiger partial charge is 0.486 e. The summed E-state index contributed by atoms with van der Waals surface area (Å²) in [7, 11) is 0. The van der Waals surface area contributed by atoms with Crippen molar-refractivity contribution in [3.8, 4) is 5.75 Å². The normalized spacial score (nSPS) is 31.2. The maximum absolute atomic E-state index is 11.4. The van der Waals surface area contributed by atoms with E-state index in [0.29, 0.717) is 36.8 Å². The lowest BCUT2D eigenvalue weighted by Gasteiger charge is -2.34. The fraction of sp³-hybridized carbons (Fsp3) is 0.720. The Morgan fingerprint density at radius 3 is 2.86 bits per heavy atom. The van der Waals surface area contributed by atoms with Gasteiger partial charge in [0.25, 0.3) is 0 Å². The van der Waals surface area contributed by atoms with Gasteiger partial charge < -0.3 is 14.2 Å². The van der Waals surface area contributed by atoms with Crippen molar-refractivity contribution in [1.82, 2.24) is 0 Å². The maximum atomic E-state index is 11.4. The SMILES string of the molecule is CCCCC[C@H]1CC[C@@H]2[C@H]3Cc4cccc(OCC(C)=O)c4C[C@H]3C[C@H]2OCO1. The van der Waals surface area contributed by atoms with Crippen molar-refractivity contribution in [3.63, 3.8) is 0 Å². The average molecular weight is 401 g/mol. The van der Waals surface area contributed by atoms with Crippen LogP contribution in [0.25, 0.3) is 0 Å². The number of unbranched alkanes of at least 4 members (excludes halogenated alkanes) is 2. The molecule has 1 saturated heterocycles. The number of carbonyl (C=O) groups is 1. The molecule has 0 spiro atoms. The summed E-state index contributed by atoms with van der Waals surface area (Å²) in [5.41, 5.74) is 2.73. The summed E-state index contributed by atoms with van der Waals surface area (Å²) in [6.45, 7) is 4.45. The number of rotatable bonds is 7. The number of benzene rings is 1. The fourth-order valence-corrected chi connectivity index (χ4v) is 5.82. The molecule has 0 radical (unpaired) electrons. The number of hydrogen-bond donors (Lipinski definition) is 0. The number of hydrogen-bond acceptors (Lipinski definition) is 4. The summed E-state index contributed by atoms with van der Waals surface area (Å²) in [4.78, 5) is 11.4. The topological polar surface area (TPSA) is 44.8 Å². The molecule has 0 aromatic heterocycles. The first-order valence-electron chi connectivity index (χ1n) is 11.6. The minimum Gasteiger partial charge on any atom is -0.486 e. The number of ether oxygens (including phenoxy) is 3. The number of Topliss-reactive ketones (excluding diaryl/α,β-unsaturated/α-hetero) is 1. The summed E-state index contributed by atoms with van der Waals surface area (Å²) >= 11 is 0. The van der Waals surface area contributed by atoms with Crippen LogP contribution in [0.15, 0.2) is 18.2 Å². The Labute approximate surface area is 175 Å². The Bertz CT molecular complexity index is 700. The molecule has 1 heterocycles. The second-order valence-electron chi connectivity index (χ2n) is 9.30. The quantitative estimate of drug-likeness (QED) is 0.597. The highest BCUT2D eigenvalue weighted by atomic mass is 16.7. The highest BCUT2D eigenvalue weighted by Crippen LogP contribution is 2.50. The van der Waals surface area contributed by atoms with E-state index < -0.39 is 0 Å². The van der Waals surface area contributed by atoms with E-state index in [-0.39, 0.29) is 12.4 Å². The predicted molar refractivity (Wildman–Crippen MR) is 113 cm³/mol. The lowest BCUT2D eigenvalue weighted by Crippen LogP contribution is -2.32. The van der Waals surface area contributed by atoms with Gasteiger partial charge in [0.15, 0.2) is 5.78 Å². The molecule has 0 N–H and O–H groups in total. The molecule has 2 fully saturated rings. The molecule has 29 heavy (non-hydrogen) atoms. The van der Waals surface area contributed by atoms with Crippen LogP contribution in [-0.4, -0.2) is 31.4 Å². The highest BCUT2D eigenvalue weighted by molar-refractivity contribution is 5.77. The zero-order valence-electron chi connectivity index (χ0n) is 18.0. The van der Waals surface area contributed by atoms with Crippen LogP contribution in [0.4, 0.5) is 0 Å². The summed E-state index contributed by atoms with van der Waals surface area (Å²) in [5.74, 6) is 2.96. The molecule has 3 aliphatic rings. The van der Waals surface area contributed by atoms with Crippen molar-refractivity contribution in [2.45, 2.75) is 83.8 Å². The Hall–Kier alpha value is -1.39. The third-order valence-corrected chi connectivity index (χ3v) is 7.29. The van der Waals surface area contributed by atoms with Crippen LogP contribution >= 0.6 is 0 Å². The average Bonchev–Trinajstić information content (AvgIpc) is 3.02. The molecule has 0 amide bonds. The van der Waals surface area contributed by atoms with Gasteiger partial charge in [0.2, 0.25) is 0 Å². The molecule has 0 bridgehead atoms. The van der Waals surface area contributed by atoms with Gasteiger partial charge in [-0.25, -0.2) is 0 Å². The first-order valence-corrected chi connectivity index (χ1v) is 11.6. The van der Waals surface area contributed by atoms with E-state index in [2.05, 4.69) is 19.1 Å². The van der Waals surface area contributed by atoms with Crippen LogP contribution in [0.5, 0.6) is 5.75 Å². The van der Waals surface area contributed by atoms with Crippen molar-refractivity contribution in [2.75, 3.05) is 13.4 Å². The van der Waals surface area contributed by atoms with Crippen LogP contribution in [0.3, 0.4) is 0 Å². The summed E-state index contributed by atoms with van der Waals surface area (Å²) in [5, 5.41) is 0. The molecule has 2 aliphatic carbocycles. The summed E-state index contributed by atoms with van der Waals surface area (Å²) in [6.07, 6.45) is 11.4. The highest BCUT2D eigenvalue weighted by Gasteiger charge is 2.46. The molecule has 160 valence electrons. The minimum atomic E-state index is 0.0672. The number of carbonyl (C=O) groups excluding carboxylic acids is 1. The van der Waals surface area contributed by atoms with Crippen LogP contribution in [0.2, 0.25) is 0 Å². The Morgan fingerprint density at radius 1 is 1.14 bits per heavy atom. The van der Waals surface area contributed by atoms with E-state index >= 15 is 0 Å². The smallest absolute Gasteiger partial charge is 0.167 e. The van der Waals surface area contributed by atoms with Crippen LogP contribution < -0.4 is 4.74 Å². The second kappa shape index (κ2) is 9.61. The van der Waals surface area contributed by atoms with E-state index in [4.69, 9.17) is 14.2 Å². The number of ketones is 1. The van der Waals surface area contributed by atoms with Gasteiger partial charge in [0.05, 0.1) is 12.2 Å². The lowest BCUT2D eigenvalue weighted by atomic mass is 9.73. The molecule has 4 heteroatoms. The molecule has 4 nitrogen and oxygen atoms in total. The van der Waals surface area contributed by atoms with Crippen molar-refractivity contribution >= 4 is 5.78 Å². The van der Waals surface area contributed by atoms with Crippen molar-refractivity contribution in [2.24, 2.45) is 17.8 Å². The third-order valence-electron chi connectivity index (χ3n) is 7.29. The van der Waals surface area contributed by atoms with Gasteiger partial charge in [-0.1, -0.05) is 38.3 Å². The van der Waals surface area contributed by atoms with E-state index in [9.17, 15) is 4.79 Å². The standard InChI is InChI=1S/C25H36O4/c1-3-4-5-8-20-10-11-21-22-12-18-7-6-9-24(27-15-17(2)26)23(18)13-19(22)14-25(21)29-16-28-20/h6-7,9,19-22,25H,3-5,8,10-16H2,1-2H3/t19-,20-,21+,22-,25+/m0/s1. The molecular weight excluding hydrogens is 364 g/mol. The second-order valence-corrected chi connectivity index (χ2v) is 9.30. The molecule has 1 aromatic rings. The van der Waals surface area contributed by atoms with Gasteiger partial charge >= 0.3 is 0 Å². The fourth-order valence-electron chi connectivity index (χ4n) is 5.82. The molecule has 4 rings (SSSR count). The van der Waals surface area contributed by atoms with E-state index in [0.717, 1.165) is 25.0 Å². The van der Waals surface area contributed by atoms with Crippen LogP contribution in [0, 0.1) is 17.8 Å². The van der Waals surface area contributed by atoms with Gasteiger partial charge in [-0.15, -0.1) is 0 Å². The first-order chi connectivity index (χ1) is 14.2. The molecule has 5 atom stereocenters. The Morgan fingerprint density at radius 2 is 2.03 bits per heavy atom. The Balaban J connectivity index is 1.43. The summed E-state index contributed by atoms with van der Waals surface area (Å²) < 4.78 is 18.1. The number of fused-ring (bicyclic) bond motifs is 4. The van der Waals surface area contributed by atoms with E-state index in [1.807, 2.05) is 6.07 Å². The maximum Gasteiger partial charge on any atom is 0.167 e. The van der Waals surface area contributed by atoms with Gasteiger partial charge in [-0.2, -0.15) is 0 Å². The molecular formula is C25H36O4. The predicted octanol–water partition coefficient (Wildman–Crippen LogP) is 5.11. The lowest BCUT2D eigenvalue weighted by molar-refractivity contribution is -0.148. The molecule has 1 aliphatic heterocycles. The molecule has 1 saturated carbocycles. The van der Waals surface area contributed by atoms with Crippen molar-refractivity contribution < 1.29 is 19.0 Å². The molecule has 0 unspecified atom stereocenters. The molecule has 1 aromatic carbocycles. The summed E-state index contributed by atoms with van der Waals surface area (Å²) in [6, 6.07) is 6.35. The van der Waals surface area contributed by atoms with Crippen LogP contribution in [0.1, 0.15) is 69.9 Å². The van der Waals surface area contributed by atoms with E-state index in [1.54, 1.807) is 6.92 Å². The van der Waals surface area contributed by atoms with Gasteiger partial charge in [0, 0.05) is 0 Å². The van der Waals surface area contributed by atoms with Gasteiger partial charge in [0.1, 0.15) is 19.1 Å².